The summed E-state index contributed by atoms with van der Waals surface area (Å²) in [5, 5.41) is 20.6. The Bertz CT molecular complexity index is 1320. The van der Waals surface area contributed by atoms with Crippen LogP contribution in [0.25, 0.3) is 10.8 Å². The highest BCUT2D eigenvalue weighted by molar-refractivity contribution is 5.99. The Balaban J connectivity index is 1.66. The van der Waals surface area contributed by atoms with Crippen molar-refractivity contribution in [1.82, 2.24) is 15.3 Å². The summed E-state index contributed by atoms with van der Waals surface area (Å²) in [6, 6.07) is 6.90. The predicted molar refractivity (Wildman–Crippen MR) is 140 cm³/mol. The fraction of sp³-hybridized carbons (Fsp3) is 0.407. The lowest BCUT2D eigenvalue weighted by atomic mass is 9.90. The highest BCUT2D eigenvalue weighted by atomic mass is 19.1. The number of pyridine rings is 2. The molecule has 1 amide bonds. The van der Waals surface area contributed by atoms with Gasteiger partial charge in [0.1, 0.15) is 17.0 Å². The number of nitrogens with zero attached hydrogens (tertiary/aromatic N) is 2. The molecule has 10 heteroatoms. The lowest BCUT2D eigenvalue weighted by Gasteiger charge is -2.34. The molecule has 196 valence electrons. The number of carbonyl (C=O) groups excluding carboxylic acids is 1. The SMILES string of the molecule is Cc1c(F)c(NC2CCCCC2NC(=O)OC(C)(C)C)nc(Nc2cncc3ccccc23)c1C(=O)O. The maximum atomic E-state index is 15.4. The van der Waals surface area contributed by atoms with Gasteiger partial charge in [0.25, 0.3) is 0 Å². The maximum absolute atomic E-state index is 15.4. The van der Waals surface area contributed by atoms with Gasteiger partial charge in [0.05, 0.1) is 17.9 Å². The largest absolute Gasteiger partial charge is 0.478 e. The van der Waals surface area contributed by atoms with E-state index in [0.717, 1.165) is 23.6 Å². The Kier molecular flexibility index (Phi) is 7.47. The average Bonchev–Trinajstić information content (AvgIpc) is 2.82. The number of anilines is 3. The van der Waals surface area contributed by atoms with Crippen LogP contribution in [0.4, 0.5) is 26.5 Å². The number of carbonyl (C=O) groups is 2. The van der Waals surface area contributed by atoms with E-state index in [1.54, 1.807) is 33.2 Å². The van der Waals surface area contributed by atoms with Gasteiger partial charge < -0.3 is 25.8 Å². The number of benzene rings is 1. The van der Waals surface area contributed by atoms with E-state index in [4.69, 9.17) is 4.74 Å². The van der Waals surface area contributed by atoms with Gasteiger partial charge in [0.15, 0.2) is 11.6 Å². The van der Waals surface area contributed by atoms with Gasteiger partial charge in [-0.25, -0.2) is 19.0 Å². The van der Waals surface area contributed by atoms with E-state index in [-0.39, 0.29) is 34.8 Å². The van der Waals surface area contributed by atoms with Crippen molar-refractivity contribution < 1.29 is 23.8 Å². The molecule has 0 bridgehead atoms. The standard InChI is InChI=1S/C27H32FN5O4/c1-15-21(25(34)35)23(31-20-14-29-13-16-9-5-6-10-17(16)20)33-24(22(15)28)30-18-11-7-8-12-19(18)32-26(36)37-27(2,3)4/h5-6,9-10,13-14,18-19H,7-8,11-12H2,1-4H3,(H,32,36)(H,34,35)(H2,30,31,33). The topological polar surface area (TPSA) is 125 Å². The normalized spacial score (nSPS) is 17.8. The van der Waals surface area contributed by atoms with Crippen molar-refractivity contribution in [3.8, 4) is 0 Å². The predicted octanol–water partition coefficient (Wildman–Crippen LogP) is 5.77. The number of carboxylic acid groups (broad SMARTS) is 1. The third-order valence-corrected chi connectivity index (χ3v) is 6.30. The van der Waals surface area contributed by atoms with Crippen molar-refractivity contribution in [3.05, 3.63) is 53.6 Å². The number of amides is 1. The van der Waals surface area contributed by atoms with Crippen LogP contribution >= 0.6 is 0 Å². The number of hydrogen-bond donors (Lipinski definition) is 4. The summed E-state index contributed by atoms with van der Waals surface area (Å²) in [5.74, 6) is -2.13. The van der Waals surface area contributed by atoms with E-state index >= 15 is 4.39 Å². The monoisotopic (exact) mass is 509 g/mol. The first-order valence-corrected chi connectivity index (χ1v) is 12.3. The van der Waals surface area contributed by atoms with Crippen molar-refractivity contribution in [2.45, 2.75) is 71.1 Å². The summed E-state index contributed by atoms with van der Waals surface area (Å²) in [6.07, 6.45) is 5.91. The Morgan fingerprint density at radius 3 is 2.49 bits per heavy atom. The number of carboxylic acids is 1. The van der Waals surface area contributed by atoms with Crippen LogP contribution in [0.3, 0.4) is 0 Å². The van der Waals surface area contributed by atoms with Crippen LogP contribution in [-0.2, 0) is 4.74 Å². The highest BCUT2D eigenvalue weighted by Gasteiger charge is 2.31. The Labute approximate surface area is 214 Å². The minimum Gasteiger partial charge on any atom is -0.478 e. The average molecular weight is 510 g/mol. The van der Waals surface area contributed by atoms with Gasteiger partial charge in [0, 0.05) is 28.6 Å². The van der Waals surface area contributed by atoms with Gasteiger partial charge in [-0.05, 0) is 40.5 Å². The Morgan fingerprint density at radius 1 is 1.08 bits per heavy atom. The zero-order chi connectivity index (χ0) is 26.7. The van der Waals surface area contributed by atoms with Crippen molar-refractivity contribution in [3.63, 3.8) is 0 Å². The fourth-order valence-corrected chi connectivity index (χ4v) is 4.58. The lowest BCUT2D eigenvalue weighted by Crippen LogP contribution is -2.50. The number of nitrogens with one attached hydrogen (secondary N) is 3. The van der Waals surface area contributed by atoms with Crippen molar-refractivity contribution >= 4 is 40.2 Å². The molecule has 0 radical (unpaired) electrons. The van der Waals surface area contributed by atoms with Gasteiger partial charge in [0.2, 0.25) is 0 Å². The van der Waals surface area contributed by atoms with Crippen LogP contribution in [0, 0.1) is 12.7 Å². The molecular weight excluding hydrogens is 477 g/mol. The minimum absolute atomic E-state index is 0.000450. The van der Waals surface area contributed by atoms with Gasteiger partial charge in [-0.1, -0.05) is 37.1 Å². The molecule has 1 aromatic carbocycles. The molecule has 2 unspecified atom stereocenters. The van der Waals surface area contributed by atoms with Crippen LogP contribution in [-0.4, -0.2) is 44.8 Å². The second kappa shape index (κ2) is 10.6. The first kappa shape index (κ1) is 26.1. The molecule has 0 spiro atoms. The molecule has 3 aromatic rings. The molecule has 0 saturated heterocycles. The summed E-state index contributed by atoms with van der Waals surface area (Å²) in [7, 11) is 0. The molecule has 1 aliphatic carbocycles. The van der Waals surface area contributed by atoms with Crippen LogP contribution in [0.15, 0.2) is 36.7 Å². The fourth-order valence-electron chi connectivity index (χ4n) is 4.58. The Morgan fingerprint density at radius 2 is 1.78 bits per heavy atom. The molecular formula is C27H32FN5O4. The number of rotatable bonds is 6. The lowest BCUT2D eigenvalue weighted by molar-refractivity contribution is 0.0488. The summed E-state index contributed by atoms with van der Waals surface area (Å²) in [5.41, 5.74) is -0.403. The molecule has 2 aromatic heterocycles. The van der Waals surface area contributed by atoms with Crippen molar-refractivity contribution in [2.24, 2.45) is 0 Å². The van der Waals surface area contributed by atoms with E-state index in [0.29, 0.717) is 18.5 Å². The molecule has 37 heavy (non-hydrogen) atoms. The molecule has 1 fully saturated rings. The number of hydrogen-bond acceptors (Lipinski definition) is 7. The first-order chi connectivity index (χ1) is 17.5. The molecule has 9 nitrogen and oxygen atoms in total. The van der Waals surface area contributed by atoms with Crippen LogP contribution in [0.5, 0.6) is 0 Å². The smallest absolute Gasteiger partial charge is 0.407 e. The molecule has 1 saturated carbocycles. The second-order valence-corrected chi connectivity index (χ2v) is 10.2. The molecule has 0 aliphatic heterocycles. The first-order valence-electron chi connectivity index (χ1n) is 12.3. The van der Waals surface area contributed by atoms with Gasteiger partial charge in [-0.15, -0.1) is 0 Å². The summed E-state index contributed by atoms with van der Waals surface area (Å²) < 4.78 is 20.8. The van der Waals surface area contributed by atoms with Crippen LogP contribution < -0.4 is 16.0 Å². The van der Waals surface area contributed by atoms with Crippen molar-refractivity contribution in [1.29, 1.82) is 0 Å². The molecule has 2 heterocycles. The quantitative estimate of drug-likeness (QED) is 0.330. The number of halogens is 1. The molecule has 4 N–H and O–H groups in total. The highest BCUT2D eigenvalue weighted by Crippen LogP contribution is 2.32. The number of ether oxygens (including phenoxy) is 1. The minimum atomic E-state index is -1.30. The van der Waals surface area contributed by atoms with E-state index < -0.39 is 23.5 Å². The zero-order valence-corrected chi connectivity index (χ0v) is 21.4. The van der Waals surface area contributed by atoms with Gasteiger partial charge >= 0.3 is 12.1 Å². The third-order valence-electron chi connectivity index (χ3n) is 6.30. The zero-order valence-electron chi connectivity index (χ0n) is 21.4. The molecule has 1 aliphatic rings. The Hall–Kier alpha value is -3.95. The van der Waals surface area contributed by atoms with Crippen LogP contribution in [0.2, 0.25) is 0 Å². The van der Waals surface area contributed by atoms with Gasteiger partial charge in [-0.3, -0.25) is 4.98 Å². The molecule has 2 atom stereocenters. The van der Waals surface area contributed by atoms with Gasteiger partial charge in [-0.2, -0.15) is 0 Å². The second-order valence-electron chi connectivity index (χ2n) is 10.2. The van der Waals surface area contributed by atoms with E-state index in [9.17, 15) is 14.7 Å². The van der Waals surface area contributed by atoms with E-state index in [2.05, 4.69) is 25.9 Å². The number of aromatic nitrogens is 2. The number of aromatic carboxylic acids is 1. The van der Waals surface area contributed by atoms with Crippen molar-refractivity contribution in [2.75, 3.05) is 10.6 Å². The summed E-state index contributed by atoms with van der Waals surface area (Å²) in [4.78, 5) is 33.1. The third kappa shape index (κ3) is 6.07. The summed E-state index contributed by atoms with van der Waals surface area (Å²) in [6.45, 7) is 6.77. The van der Waals surface area contributed by atoms with E-state index in [1.807, 2.05) is 24.3 Å². The number of fused-ring (bicyclic) bond motifs is 1. The maximum Gasteiger partial charge on any atom is 0.407 e. The number of alkyl carbamates (subject to hydrolysis) is 1. The van der Waals surface area contributed by atoms with E-state index in [1.165, 1.54) is 6.92 Å². The van der Waals surface area contributed by atoms with Crippen LogP contribution in [0.1, 0.15) is 62.4 Å². The summed E-state index contributed by atoms with van der Waals surface area (Å²) >= 11 is 0. The molecule has 4 rings (SSSR count).